The number of carbonyl (C=O) groups is 2. The van der Waals surface area contributed by atoms with E-state index in [0.29, 0.717) is 17.8 Å². The fourth-order valence-corrected chi connectivity index (χ4v) is 2.38. The average Bonchev–Trinajstić information content (AvgIpc) is 3.19. The summed E-state index contributed by atoms with van der Waals surface area (Å²) in [7, 11) is 0. The number of amides is 1. The van der Waals surface area contributed by atoms with Gasteiger partial charge in [-0.3, -0.25) is 9.59 Å². The van der Waals surface area contributed by atoms with Gasteiger partial charge < -0.3 is 14.6 Å². The third-order valence-corrected chi connectivity index (χ3v) is 3.83. The van der Waals surface area contributed by atoms with Crippen molar-refractivity contribution in [2.24, 2.45) is 0 Å². The van der Waals surface area contributed by atoms with E-state index in [-0.39, 0.29) is 24.9 Å². The number of nitrogens with one attached hydrogen (secondary N) is 1. The second-order valence-corrected chi connectivity index (χ2v) is 5.74. The van der Waals surface area contributed by atoms with E-state index in [9.17, 15) is 9.59 Å². The van der Waals surface area contributed by atoms with Crippen molar-refractivity contribution >= 4 is 11.9 Å². The van der Waals surface area contributed by atoms with Crippen LogP contribution in [-0.2, 0) is 22.6 Å². The lowest BCUT2D eigenvalue weighted by Crippen LogP contribution is -2.30. The molecule has 0 atom stereocenters. The molecule has 0 aliphatic heterocycles. The van der Waals surface area contributed by atoms with Gasteiger partial charge in [0.15, 0.2) is 12.4 Å². The molecule has 1 N–H and O–H groups in total. The van der Waals surface area contributed by atoms with Gasteiger partial charge in [0.05, 0.1) is 0 Å². The van der Waals surface area contributed by atoms with Crippen molar-refractivity contribution in [2.45, 2.75) is 20.0 Å². The SMILES string of the molecule is CCc1noc(COC(=O)CNC(=O)c2ccc(-c3ccccc3)cc2)n1. The minimum atomic E-state index is -0.583. The molecule has 1 amide bonds. The summed E-state index contributed by atoms with van der Waals surface area (Å²) < 4.78 is 9.92. The summed E-state index contributed by atoms with van der Waals surface area (Å²) in [5.41, 5.74) is 2.55. The van der Waals surface area contributed by atoms with Crippen molar-refractivity contribution in [3.63, 3.8) is 0 Å². The Kier molecular flexibility index (Phi) is 5.94. The predicted molar refractivity (Wildman–Crippen MR) is 97.7 cm³/mol. The topological polar surface area (TPSA) is 94.3 Å². The second-order valence-electron chi connectivity index (χ2n) is 5.74. The van der Waals surface area contributed by atoms with Gasteiger partial charge in [0, 0.05) is 12.0 Å². The molecule has 7 nitrogen and oxygen atoms in total. The molecular weight excluding hydrogens is 346 g/mol. The Bertz CT molecular complexity index is 904. The van der Waals surface area contributed by atoms with E-state index in [1.54, 1.807) is 12.1 Å². The summed E-state index contributed by atoms with van der Waals surface area (Å²) >= 11 is 0. The third-order valence-electron chi connectivity index (χ3n) is 3.83. The largest absolute Gasteiger partial charge is 0.454 e. The monoisotopic (exact) mass is 365 g/mol. The van der Waals surface area contributed by atoms with Gasteiger partial charge in [0.2, 0.25) is 0 Å². The van der Waals surface area contributed by atoms with Gasteiger partial charge in [-0.25, -0.2) is 0 Å². The normalized spacial score (nSPS) is 10.4. The summed E-state index contributed by atoms with van der Waals surface area (Å²) in [5, 5.41) is 6.24. The Hall–Kier alpha value is -3.48. The third kappa shape index (κ3) is 5.01. The Morgan fingerprint density at radius 3 is 2.41 bits per heavy atom. The second kappa shape index (κ2) is 8.75. The zero-order valence-electron chi connectivity index (χ0n) is 14.8. The molecule has 0 saturated carbocycles. The molecule has 0 unspecified atom stereocenters. The van der Waals surface area contributed by atoms with E-state index >= 15 is 0 Å². The number of benzene rings is 2. The lowest BCUT2D eigenvalue weighted by molar-refractivity contribution is -0.144. The first-order valence-electron chi connectivity index (χ1n) is 8.56. The van der Waals surface area contributed by atoms with Gasteiger partial charge in [0.1, 0.15) is 6.54 Å². The highest BCUT2D eigenvalue weighted by Gasteiger charge is 2.11. The Morgan fingerprint density at radius 2 is 1.74 bits per heavy atom. The predicted octanol–water partition coefficient (Wildman–Crippen LogP) is 2.77. The fourth-order valence-electron chi connectivity index (χ4n) is 2.38. The molecule has 1 heterocycles. The highest BCUT2D eigenvalue weighted by Crippen LogP contribution is 2.19. The number of carbonyl (C=O) groups excluding carboxylic acids is 2. The van der Waals surface area contributed by atoms with Crippen molar-refractivity contribution in [3.05, 3.63) is 71.9 Å². The zero-order valence-corrected chi connectivity index (χ0v) is 14.8. The molecule has 1 aromatic heterocycles. The van der Waals surface area contributed by atoms with Crippen LogP contribution in [0, 0.1) is 0 Å². The Balaban J connectivity index is 1.47. The average molecular weight is 365 g/mol. The summed E-state index contributed by atoms with van der Waals surface area (Å²) in [4.78, 5) is 27.9. The van der Waals surface area contributed by atoms with Crippen LogP contribution in [0.5, 0.6) is 0 Å². The first-order valence-corrected chi connectivity index (χ1v) is 8.56. The van der Waals surface area contributed by atoms with Gasteiger partial charge in [-0.15, -0.1) is 0 Å². The van der Waals surface area contributed by atoms with Gasteiger partial charge in [-0.2, -0.15) is 4.98 Å². The molecule has 0 aliphatic rings. The Morgan fingerprint density at radius 1 is 1.04 bits per heavy atom. The number of hydrogen-bond acceptors (Lipinski definition) is 6. The lowest BCUT2D eigenvalue weighted by atomic mass is 10.0. The molecule has 2 aromatic carbocycles. The van der Waals surface area contributed by atoms with Crippen molar-refractivity contribution in [1.82, 2.24) is 15.5 Å². The van der Waals surface area contributed by atoms with Crippen LogP contribution in [0.2, 0.25) is 0 Å². The molecule has 0 fully saturated rings. The highest BCUT2D eigenvalue weighted by molar-refractivity contribution is 5.96. The molecule has 0 bridgehead atoms. The first-order chi connectivity index (χ1) is 13.2. The van der Waals surface area contributed by atoms with Crippen LogP contribution in [0.3, 0.4) is 0 Å². The maximum Gasteiger partial charge on any atom is 0.325 e. The van der Waals surface area contributed by atoms with Crippen LogP contribution in [0.4, 0.5) is 0 Å². The molecule has 3 rings (SSSR count). The lowest BCUT2D eigenvalue weighted by Gasteiger charge is -2.06. The van der Waals surface area contributed by atoms with E-state index in [0.717, 1.165) is 11.1 Å². The van der Waals surface area contributed by atoms with Crippen LogP contribution in [-0.4, -0.2) is 28.6 Å². The summed E-state index contributed by atoms with van der Waals surface area (Å²) in [6.45, 7) is 1.53. The highest BCUT2D eigenvalue weighted by atomic mass is 16.6. The van der Waals surface area contributed by atoms with Crippen LogP contribution in [0.15, 0.2) is 59.1 Å². The molecule has 0 saturated heterocycles. The number of ether oxygens (including phenoxy) is 1. The number of nitrogens with zero attached hydrogens (tertiary/aromatic N) is 2. The molecule has 0 spiro atoms. The molecule has 27 heavy (non-hydrogen) atoms. The van der Waals surface area contributed by atoms with E-state index in [4.69, 9.17) is 9.26 Å². The molecule has 3 aromatic rings. The van der Waals surface area contributed by atoms with Crippen LogP contribution >= 0.6 is 0 Å². The van der Waals surface area contributed by atoms with Crippen LogP contribution in [0.1, 0.15) is 29.0 Å². The van der Waals surface area contributed by atoms with Gasteiger partial charge in [0.25, 0.3) is 11.8 Å². The van der Waals surface area contributed by atoms with Crippen LogP contribution in [0.25, 0.3) is 11.1 Å². The van der Waals surface area contributed by atoms with Crippen molar-refractivity contribution < 1.29 is 18.8 Å². The van der Waals surface area contributed by atoms with Gasteiger partial charge in [-0.1, -0.05) is 54.5 Å². The fraction of sp³-hybridized carbons (Fsp3) is 0.200. The standard InChI is InChI=1S/C20H19N3O4/c1-2-17-22-18(27-23-17)13-26-19(24)12-21-20(25)16-10-8-15(9-11-16)14-6-4-3-5-7-14/h3-11H,2,12-13H2,1H3,(H,21,25). The maximum atomic E-state index is 12.2. The van der Waals surface area contributed by atoms with Crippen molar-refractivity contribution in [2.75, 3.05) is 6.54 Å². The minimum absolute atomic E-state index is 0.118. The molecule has 138 valence electrons. The number of aromatic nitrogens is 2. The van der Waals surface area contributed by atoms with E-state index in [1.807, 2.05) is 49.4 Å². The number of esters is 1. The maximum absolute atomic E-state index is 12.2. The molecule has 0 aliphatic carbocycles. The van der Waals surface area contributed by atoms with Crippen molar-refractivity contribution in [3.8, 4) is 11.1 Å². The molecular formula is C20H19N3O4. The molecule has 7 heteroatoms. The minimum Gasteiger partial charge on any atom is -0.454 e. The van der Waals surface area contributed by atoms with E-state index in [2.05, 4.69) is 15.5 Å². The Labute approximate surface area is 156 Å². The summed E-state index contributed by atoms with van der Waals surface area (Å²) in [6, 6.07) is 17.0. The van der Waals surface area contributed by atoms with Crippen LogP contribution < -0.4 is 5.32 Å². The van der Waals surface area contributed by atoms with Crippen molar-refractivity contribution in [1.29, 1.82) is 0 Å². The first kappa shape index (κ1) is 18.3. The van der Waals surface area contributed by atoms with Gasteiger partial charge in [-0.05, 0) is 23.3 Å². The molecule has 0 radical (unpaired) electrons. The van der Waals surface area contributed by atoms with Gasteiger partial charge >= 0.3 is 5.97 Å². The number of hydrogen-bond donors (Lipinski definition) is 1. The van der Waals surface area contributed by atoms with E-state index < -0.39 is 5.97 Å². The summed E-state index contributed by atoms with van der Waals surface area (Å²) in [5.74, 6) is -0.158. The summed E-state index contributed by atoms with van der Waals surface area (Å²) in [6.07, 6.45) is 0.635. The smallest absolute Gasteiger partial charge is 0.325 e. The quantitative estimate of drug-likeness (QED) is 0.647. The number of rotatable bonds is 7. The zero-order chi connectivity index (χ0) is 19.1. The van der Waals surface area contributed by atoms with E-state index in [1.165, 1.54) is 0 Å². The number of aryl methyl sites for hydroxylation is 1.